The zero-order valence-electron chi connectivity index (χ0n) is 11.7. The van der Waals surface area contributed by atoms with Crippen LogP contribution in [0.1, 0.15) is 10.4 Å². The first-order chi connectivity index (χ1) is 10.0. The summed E-state index contributed by atoms with van der Waals surface area (Å²) in [6.45, 7) is 0.703. The zero-order valence-corrected chi connectivity index (χ0v) is 13.3. The van der Waals surface area contributed by atoms with Crippen molar-refractivity contribution >= 4 is 21.4 Å². The van der Waals surface area contributed by atoms with Gasteiger partial charge in [-0.15, -0.1) is 11.3 Å². The third kappa shape index (κ3) is 4.28. The summed E-state index contributed by atoms with van der Waals surface area (Å²) in [6.07, 6.45) is 0.622. The Balaban J connectivity index is 1.92. The van der Waals surface area contributed by atoms with E-state index in [4.69, 9.17) is 10.5 Å². The molecule has 114 valence electrons. The molecule has 0 saturated carbocycles. The molecule has 0 atom stereocenters. The quantitative estimate of drug-likeness (QED) is 0.812. The van der Waals surface area contributed by atoms with Crippen molar-refractivity contribution < 1.29 is 13.2 Å². The van der Waals surface area contributed by atoms with E-state index in [0.29, 0.717) is 19.5 Å². The molecule has 2 aromatic rings. The summed E-state index contributed by atoms with van der Waals surface area (Å²) in [6, 6.07) is 9.17. The van der Waals surface area contributed by atoms with E-state index in [1.165, 1.54) is 11.3 Å². The molecule has 0 unspecified atom stereocenters. The van der Waals surface area contributed by atoms with Crippen LogP contribution in [0.15, 0.2) is 40.6 Å². The fourth-order valence-corrected chi connectivity index (χ4v) is 4.00. The molecule has 0 radical (unpaired) electrons. The van der Waals surface area contributed by atoms with E-state index in [2.05, 4.69) is 4.72 Å². The van der Waals surface area contributed by atoms with E-state index in [0.717, 1.165) is 16.2 Å². The predicted octanol–water partition coefficient (Wildman–Crippen LogP) is 1.74. The molecule has 5 nitrogen and oxygen atoms in total. The number of nitrogens with one attached hydrogen (secondary N) is 1. The topological polar surface area (TPSA) is 81.4 Å². The number of thiophene rings is 1. The average molecular weight is 326 g/mol. The summed E-state index contributed by atoms with van der Waals surface area (Å²) in [5, 5.41) is 1.61. The van der Waals surface area contributed by atoms with Crippen molar-refractivity contribution in [3.63, 3.8) is 0 Å². The van der Waals surface area contributed by atoms with E-state index in [1.807, 2.05) is 24.3 Å². The van der Waals surface area contributed by atoms with Gasteiger partial charge < -0.3 is 10.5 Å². The second-order valence-corrected chi connectivity index (χ2v) is 7.21. The number of sulfonamides is 1. The van der Waals surface area contributed by atoms with Crippen LogP contribution < -0.4 is 15.2 Å². The summed E-state index contributed by atoms with van der Waals surface area (Å²) in [5.41, 5.74) is 6.54. The Bertz CT molecular complexity index is 678. The SMILES string of the molecule is COc1ccc(CCNS(=O)(=O)c2csc(CN)c2)cc1. The van der Waals surface area contributed by atoms with Crippen molar-refractivity contribution in [1.82, 2.24) is 4.72 Å². The van der Waals surface area contributed by atoms with Gasteiger partial charge in [0.05, 0.1) is 12.0 Å². The lowest BCUT2D eigenvalue weighted by molar-refractivity contribution is 0.414. The summed E-state index contributed by atoms with van der Waals surface area (Å²) < 4.78 is 31.8. The third-order valence-corrected chi connectivity index (χ3v) is 5.55. The smallest absolute Gasteiger partial charge is 0.241 e. The van der Waals surface area contributed by atoms with Gasteiger partial charge in [-0.1, -0.05) is 12.1 Å². The molecule has 1 aromatic carbocycles. The maximum Gasteiger partial charge on any atom is 0.241 e. The monoisotopic (exact) mass is 326 g/mol. The third-order valence-electron chi connectivity index (χ3n) is 3.01. The summed E-state index contributed by atoms with van der Waals surface area (Å²) in [7, 11) is -1.84. The van der Waals surface area contributed by atoms with Gasteiger partial charge in [-0.25, -0.2) is 13.1 Å². The molecule has 1 heterocycles. The fraction of sp³-hybridized carbons (Fsp3) is 0.286. The first-order valence-electron chi connectivity index (χ1n) is 6.45. The van der Waals surface area contributed by atoms with Gasteiger partial charge in [0.2, 0.25) is 10.0 Å². The molecule has 21 heavy (non-hydrogen) atoms. The standard InChI is InChI=1S/C14H18N2O3S2/c1-19-12-4-2-11(3-5-12)6-7-16-21(17,18)14-8-13(9-15)20-10-14/h2-5,8,10,16H,6-7,9,15H2,1H3. The lowest BCUT2D eigenvalue weighted by atomic mass is 10.1. The molecule has 3 N–H and O–H groups in total. The lowest BCUT2D eigenvalue weighted by Crippen LogP contribution is -2.25. The molecular weight excluding hydrogens is 308 g/mol. The molecule has 0 spiro atoms. The summed E-state index contributed by atoms with van der Waals surface area (Å²) in [5.74, 6) is 0.784. The lowest BCUT2D eigenvalue weighted by Gasteiger charge is -2.06. The number of hydrogen-bond donors (Lipinski definition) is 2. The van der Waals surface area contributed by atoms with E-state index < -0.39 is 10.0 Å². The van der Waals surface area contributed by atoms with Gasteiger partial charge in [-0.2, -0.15) is 0 Å². The molecule has 2 rings (SSSR count). The van der Waals surface area contributed by atoms with Gasteiger partial charge in [0.1, 0.15) is 5.75 Å². The molecule has 0 aliphatic heterocycles. The number of rotatable bonds is 7. The van der Waals surface area contributed by atoms with Crippen LogP contribution in [0.5, 0.6) is 5.75 Å². The van der Waals surface area contributed by atoms with Crippen LogP contribution in [-0.2, 0) is 23.0 Å². The molecule has 0 aliphatic carbocycles. The largest absolute Gasteiger partial charge is 0.497 e. The first kappa shape index (κ1) is 16.0. The maximum atomic E-state index is 12.1. The van der Waals surface area contributed by atoms with E-state index in [-0.39, 0.29) is 4.90 Å². The van der Waals surface area contributed by atoms with Gasteiger partial charge in [0, 0.05) is 23.3 Å². The predicted molar refractivity (Wildman–Crippen MR) is 84.1 cm³/mol. The van der Waals surface area contributed by atoms with Crippen molar-refractivity contribution in [2.45, 2.75) is 17.9 Å². The Labute approximate surface area is 128 Å². The zero-order chi connectivity index (χ0) is 15.3. The van der Waals surface area contributed by atoms with Gasteiger partial charge in [-0.3, -0.25) is 0 Å². The first-order valence-corrected chi connectivity index (χ1v) is 8.81. The van der Waals surface area contributed by atoms with Crippen LogP contribution in [0.25, 0.3) is 0 Å². The molecular formula is C14H18N2O3S2. The highest BCUT2D eigenvalue weighted by Gasteiger charge is 2.15. The second kappa shape index (κ2) is 7.04. The Morgan fingerprint density at radius 3 is 2.57 bits per heavy atom. The molecule has 0 saturated heterocycles. The normalized spacial score (nSPS) is 11.5. The average Bonchev–Trinajstić information content (AvgIpc) is 2.98. The highest BCUT2D eigenvalue weighted by molar-refractivity contribution is 7.89. The number of benzene rings is 1. The van der Waals surface area contributed by atoms with Crippen LogP contribution in [0.3, 0.4) is 0 Å². The van der Waals surface area contributed by atoms with Crippen LogP contribution >= 0.6 is 11.3 Å². The molecule has 7 heteroatoms. The van der Waals surface area contributed by atoms with Gasteiger partial charge in [-0.05, 0) is 30.2 Å². The van der Waals surface area contributed by atoms with Crippen LogP contribution in [0.2, 0.25) is 0 Å². The number of methoxy groups -OCH3 is 1. The molecule has 0 fully saturated rings. The highest BCUT2D eigenvalue weighted by Crippen LogP contribution is 2.18. The van der Waals surface area contributed by atoms with Crippen molar-refractivity contribution in [1.29, 1.82) is 0 Å². The van der Waals surface area contributed by atoms with Crippen LogP contribution in [0.4, 0.5) is 0 Å². The Kier molecular flexibility index (Phi) is 5.35. The maximum absolute atomic E-state index is 12.1. The minimum Gasteiger partial charge on any atom is -0.497 e. The number of hydrogen-bond acceptors (Lipinski definition) is 5. The van der Waals surface area contributed by atoms with Crippen molar-refractivity contribution in [2.24, 2.45) is 5.73 Å². The number of ether oxygens (including phenoxy) is 1. The highest BCUT2D eigenvalue weighted by atomic mass is 32.2. The van der Waals surface area contributed by atoms with Crippen LogP contribution in [0, 0.1) is 0 Å². The molecule has 1 aromatic heterocycles. The van der Waals surface area contributed by atoms with Gasteiger partial charge in [0.25, 0.3) is 0 Å². The van der Waals surface area contributed by atoms with Gasteiger partial charge in [0.15, 0.2) is 0 Å². The Morgan fingerprint density at radius 2 is 2.00 bits per heavy atom. The fourth-order valence-electron chi connectivity index (χ4n) is 1.81. The van der Waals surface area contributed by atoms with Crippen LogP contribution in [-0.4, -0.2) is 22.1 Å². The van der Waals surface area contributed by atoms with E-state index >= 15 is 0 Å². The molecule has 0 amide bonds. The minimum atomic E-state index is -3.45. The molecule has 0 aliphatic rings. The molecule has 0 bridgehead atoms. The van der Waals surface area contributed by atoms with Gasteiger partial charge >= 0.3 is 0 Å². The van der Waals surface area contributed by atoms with Crippen molar-refractivity contribution in [2.75, 3.05) is 13.7 Å². The minimum absolute atomic E-state index is 0.280. The second-order valence-electron chi connectivity index (χ2n) is 4.45. The van der Waals surface area contributed by atoms with Crippen molar-refractivity contribution in [3.8, 4) is 5.75 Å². The van der Waals surface area contributed by atoms with E-state index in [1.54, 1.807) is 18.6 Å². The van der Waals surface area contributed by atoms with E-state index in [9.17, 15) is 8.42 Å². The number of nitrogens with two attached hydrogens (primary N) is 1. The van der Waals surface area contributed by atoms with Crippen molar-refractivity contribution in [3.05, 3.63) is 46.2 Å². The Morgan fingerprint density at radius 1 is 1.29 bits per heavy atom. The summed E-state index contributed by atoms with van der Waals surface area (Å²) >= 11 is 1.35. The summed E-state index contributed by atoms with van der Waals surface area (Å²) in [4.78, 5) is 1.13. The Hall–Kier alpha value is -1.41.